The third kappa shape index (κ3) is 3.48. The molecule has 142 valence electrons. The van der Waals surface area contributed by atoms with Crippen molar-refractivity contribution in [2.24, 2.45) is 4.13 Å². The summed E-state index contributed by atoms with van der Waals surface area (Å²) in [5, 5.41) is 3.02. The monoisotopic (exact) mass is 401 g/mol. The van der Waals surface area contributed by atoms with E-state index in [0.29, 0.717) is 4.90 Å². The highest BCUT2D eigenvalue weighted by Crippen LogP contribution is 2.38. The van der Waals surface area contributed by atoms with Crippen LogP contribution in [0.5, 0.6) is 0 Å². The number of aryl methyl sites for hydroxylation is 3. The minimum Gasteiger partial charge on any atom is -0.307 e. The standard InChI is InChI=1S/C20H24N3O2PS/c1-13-8-10-16(11-9-13)27(25,23-26)22-20(24)21-19-17-6-2-4-14(17)12-15-5-3-7-18(15)19/h8-12H,2-7,26H2,1H3,(H2,21,22,23,24,25). The molecule has 0 heterocycles. The van der Waals surface area contributed by atoms with Crippen LogP contribution >= 0.6 is 9.39 Å². The number of anilines is 1. The molecule has 2 unspecified atom stereocenters. The lowest BCUT2D eigenvalue weighted by atomic mass is 9.99. The van der Waals surface area contributed by atoms with Crippen LogP contribution in [-0.2, 0) is 35.6 Å². The molecule has 0 saturated heterocycles. The molecule has 2 amide bonds. The van der Waals surface area contributed by atoms with Crippen molar-refractivity contribution in [3.8, 4) is 0 Å². The lowest BCUT2D eigenvalue weighted by molar-refractivity contribution is 0.257. The molecule has 2 N–H and O–H groups in total. The number of hydrogen-bond donors (Lipinski definition) is 2. The lowest BCUT2D eigenvalue weighted by Gasteiger charge is -2.18. The second kappa shape index (κ2) is 7.25. The Morgan fingerprint density at radius 2 is 1.63 bits per heavy atom. The summed E-state index contributed by atoms with van der Waals surface area (Å²) in [6.07, 6.45) is 6.35. The number of urea groups is 1. The van der Waals surface area contributed by atoms with Crippen molar-refractivity contribution in [1.29, 1.82) is 0 Å². The van der Waals surface area contributed by atoms with Gasteiger partial charge in [0.2, 0.25) is 0 Å². The van der Waals surface area contributed by atoms with Crippen LogP contribution in [0, 0.1) is 6.92 Å². The van der Waals surface area contributed by atoms with Gasteiger partial charge in [-0.2, -0.15) is 4.13 Å². The Labute approximate surface area is 162 Å². The molecule has 0 aliphatic heterocycles. The van der Waals surface area contributed by atoms with E-state index in [1.807, 2.05) is 19.1 Å². The summed E-state index contributed by atoms with van der Waals surface area (Å²) in [5.74, 6) is 0. The number of carbonyl (C=O) groups is 1. The van der Waals surface area contributed by atoms with Crippen molar-refractivity contribution in [2.45, 2.75) is 50.3 Å². The SMILES string of the molecule is Cc1ccc(S(=O)(=NP)NC(=O)Nc2c3c(cc4c2CCC4)CCC3)cc1. The third-order valence-corrected chi connectivity index (χ3v) is 7.99. The van der Waals surface area contributed by atoms with Crippen molar-refractivity contribution in [3.63, 3.8) is 0 Å². The van der Waals surface area contributed by atoms with Crippen LogP contribution < -0.4 is 10.0 Å². The van der Waals surface area contributed by atoms with Crippen molar-refractivity contribution < 1.29 is 9.00 Å². The summed E-state index contributed by atoms with van der Waals surface area (Å²) in [6.45, 7) is 1.96. The fourth-order valence-corrected chi connectivity index (χ4v) is 5.72. The van der Waals surface area contributed by atoms with Gasteiger partial charge in [0.1, 0.15) is 0 Å². The maximum Gasteiger partial charge on any atom is 0.331 e. The molecule has 2 aromatic carbocycles. The van der Waals surface area contributed by atoms with Gasteiger partial charge in [-0.05, 0) is 89.2 Å². The minimum absolute atomic E-state index is 0.471. The number of amides is 2. The zero-order chi connectivity index (χ0) is 19.0. The van der Waals surface area contributed by atoms with Crippen LogP contribution in [0.1, 0.15) is 40.7 Å². The molecular formula is C20H24N3O2PS. The predicted octanol–water partition coefficient (Wildman–Crippen LogP) is 4.33. The maximum absolute atomic E-state index is 13.2. The van der Waals surface area contributed by atoms with Gasteiger partial charge in [0.25, 0.3) is 0 Å². The highest BCUT2D eigenvalue weighted by molar-refractivity contribution is 7.93. The summed E-state index contributed by atoms with van der Waals surface area (Å²) < 4.78 is 19.7. The summed E-state index contributed by atoms with van der Waals surface area (Å²) >= 11 is 0. The van der Waals surface area contributed by atoms with Crippen molar-refractivity contribution >= 4 is 31.0 Å². The summed E-state index contributed by atoms with van der Waals surface area (Å²) in [6, 6.07) is 9.05. The number of hydrogen-bond acceptors (Lipinski definition) is 3. The van der Waals surface area contributed by atoms with E-state index in [4.69, 9.17) is 0 Å². The number of nitrogens with zero attached hydrogens (tertiary/aromatic N) is 1. The van der Waals surface area contributed by atoms with Crippen LogP contribution in [0.2, 0.25) is 0 Å². The minimum atomic E-state index is -3.04. The largest absolute Gasteiger partial charge is 0.331 e. The Hall–Kier alpha value is -1.91. The first-order valence-electron chi connectivity index (χ1n) is 9.28. The van der Waals surface area contributed by atoms with Crippen LogP contribution in [-0.4, -0.2) is 10.2 Å². The molecule has 5 nitrogen and oxygen atoms in total. The summed E-state index contributed by atoms with van der Waals surface area (Å²) in [4.78, 5) is 13.2. The van der Waals surface area contributed by atoms with E-state index < -0.39 is 15.9 Å². The third-order valence-electron chi connectivity index (χ3n) is 5.43. The molecule has 2 aliphatic carbocycles. The van der Waals surface area contributed by atoms with Crippen molar-refractivity contribution in [2.75, 3.05) is 5.32 Å². The highest BCUT2D eigenvalue weighted by atomic mass is 32.2. The number of fused-ring (bicyclic) bond motifs is 2. The van der Waals surface area contributed by atoms with E-state index >= 15 is 0 Å². The first-order chi connectivity index (χ1) is 13.0. The quantitative estimate of drug-likeness (QED) is 0.752. The van der Waals surface area contributed by atoms with Crippen LogP contribution in [0.25, 0.3) is 0 Å². The molecule has 0 spiro atoms. The Kier molecular flexibility index (Phi) is 4.95. The molecule has 0 saturated carbocycles. The maximum atomic E-state index is 13.2. The van der Waals surface area contributed by atoms with Gasteiger partial charge in [-0.3, -0.25) is 0 Å². The van der Waals surface area contributed by atoms with Gasteiger partial charge < -0.3 is 5.32 Å². The summed E-state index contributed by atoms with van der Waals surface area (Å²) in [7, 11) is -0.916. The summed E-state index contributed by atoms with van der Waals surface area (Å²) in [5.41, 5.74) is 7.18. The van der Waals surface area contributed by atoms with E-state index in [1.54, 1.807) is 12.1 Å². The molecule has 0 radical (unpaired) electrons. The Morgan fingerprint density at radius 1 is 1.04 bits per heavy atom. The molecule has 0 fully saturated rings. The number of rotatable bonds is 3. The van der Waals surface area contributed by atoms with Gasteiger partial charge in [-0.25, -0.2) is 13.7 Å². The fourth-order valence-electron chi connectivity index (χ4n) is 4.10. The predicted molar refractivity (Wildman–Crippen MR) is 112 cm³/mol. The van der Waals surface area contributed by atoms with Crippen LogP contribution in [0.3, 0.4) is 0 Å². The zero-order valence-electron chi connectivity index (χ0n) is 15.4. The van der Waals surface area contributed by atoms with Gasteiger partial charge in [0, 0.05) is 5.69 Å². The smallest absolute Gasteiger partial charge is 0.307 e. The number of benzene rings is 2. The van der Waals surface area contributed by atoms with Crippen molar-refractivity contribution in [3.05, 3.63) is 58.1 Å². The molecule has 2 aliphatic rings. The highest BCUT2D eigenvalue weighted by Gasteiger charge is 2.26. The Morgan fingerprint density at radius 3 is 2.19 bits per heavy atom. The first-order valence-corrected chi connectivity index (χ1v) is 11.3. The van der Waals surface area contributed by atoms with Gasteiger partial charge in [-0.15, -0.1) is 0 Å². The molecule has 4 rings (SSSR count). The average Bonchev–Trinajstić information content (AvgIpc) is 3.31. The molecule has 0 aromatic heterocycles. The molecule has 27 heavy (non-hydrogen) atoms. The van der Waals surface area contributed by atoms with Crippen LogP contribution in [0.4, 0.5) is 10.5 Å². The number of nitrogens with one attached hydrogen (secondary N) is 2. The van der Waals surface area contributed by atoms with Gasteiger partial charge >= 0.3 is 6.03 Å². The van der Waals surface area contributed by atoms with Gasteiger partial charge in [0.05, 0.1) is 4.90 Å². The van der Waals surface area contributed by atoms with E-state index in [9.17, 15) is 9.00 Å². The van der Waals surface area contributed by atoms with E-state index in [0.717, 1.165) is 49.8 Å². The van der Waals surface area contributed by atoms with Gasteiger partial charge in [0.15, 0.2) is 9.92 Å². The van der Waals surface area contributed by atoms with Gasteiger partial charge in [-0.1, -0.05) is 23.8 Å². The molecule has 2 aromatic rings. The second-order valence-corrected chi connectivity index (χ2v) is 9.80. The Balaban J connectivity index is 1.62. The lowest BCUT2D eigenvalue weighted by Crippen LogP contribution is -2.34. The topological polar surface area (TPSA) is 70.6 Å². The molecule has 2 atom stereocenters. The Bertz CT molecular complexity index is 992. The van der Waals surface area contributed by atoms with Crippen molar-refractivity contribution in [1.82, 2.24) is 4.72 Å². The number of carbonyl (C=O) groups excluding carboxylic acids is 1. The molecule has 7 heteroatoms. The zero-order valence-corrected chi connectivity index (χ0v) is 17.3. The average molecular weight is 401 g/mol. The fraction of sp³-hybridized carbons (Fsp3) is 0.350. The van der Waals surface area contributed by atoms with E-state index in [1.165, 1.54) is 22.3 Å². The normalized spacial score (nSPS) is 17.0. The van der Waals surface area contributed by atoms with E-state index in [2.05, 4.69) is 29.6 Å². The van der Waals surface area contributed by atoms with E-state index in [-0.39, 0.29) is 0 Å². The second-order valence-electron chi connectivity index (χ2n) is 7.23. The van der Waals surface area contributed by atoms with Crippen LogP contribution in [0.15, 0.2) is 39.4 Å². The molecule has 0 bridgehead atoms. The molecular weight excluding hydrogens is 377 g/mol. The first kappa shape index (κ1) is 18.5.